The van der Waals surface area contributed by atoms with Crippen molar-refractivity contribution in [2.24, 2.45) is 11.7 Å². The highest BCUT2D eigenvalue weighted by molar-refractivity contribution is 4.90. The van der Waals surface area contributed by atoms with Crippen LogP contribution in [0, 0.1) is 5.92 Å². The average molecular weight is 358 g/mol. The highest BCUT2D eigenvalue weighted by Crippen LogP contribution is 2.33. The molecule has 25 heavy (non-hydrogen) atoms. The summed E-state index contributed by atoms with van der Waals surface area (Å²) >= 11 is 0. The standard InChI is InChI=1S/C23H49N.H2O/c1-5-9-10-11-12-13-14-15-16-17-19-22(18-6-2)23(24,20-7-3)21-8-4;/h22H,5-21,24H2,1-4H3;1H2. The molecule has 0 saturated heterocycles. The van der Waals surface area contributed by atoms with Gasteiger partial charge in [0.25, 0.3) is 0 Å². The summed E-state index contributed by atoms with van der Waals surface area (Å²) in [6, 6.07) is 0. The minimum atomic E-state index is 0. The first kappa shape index (κ1) is 27.1. The van der Waals surface area contributed by atoms with E-state index >= 15 is 0 Å². The van der Waals surface area contributed by atoms with Crippen molar-refractivity contribution >= 4 is 0 Å². The Labute approximate surface area is 160 Å². The molecule has 2 heteroatoms. The van der Waals surface area contributed by atoms with Crippen molar-refractivity contribution in [3.8, 4) is 0 Å². The summed E-state index contributed by atoms with van der Waals surface area (Å²) in [4.78, 5) is 0. The molecule has 0 amide bonds. The lowest BCUT2D eigenvalue weighted by Gasteiger charge is -2.38. The SMILES string of the molecule is CCCCCCCCCCCCC(CCC)C(N)(CCC)CCC.O. The van der Waals surface area contributed by atoms with Crippen molar-refractivity contribution in [3.63, 3.8) is 0 Å². The second-order valence-corrected chi connectivity index (χ2v) is 8.19. The van der Waals surface area contributed by atoms with Gasteiger partial charge in [0.05, 0.1) is 0 Å². The number of rotatable bonds is 18. The molecule has 0 aliphatic heterocycles. The molecular weight excluding hydrogens is 306 g/mol. The third kappa shape index (κ3) is 13.7. The molecule has 0 spiro atoms. The lowest BCUT2D eigenvalue weighted by Crippen LogP contribution is -2.47. The fourth-order valence-electron chi connectivity index (χ4n) is 4.41. The molecule has 0 bridgehead atoms. The Bertz CT molecular complexity index is 248. The second-order valence-electron chi connectivity index (χ2n) is 8.19. The quantitative estimate of drug-likeness (QED) is 0.259. The minimum absolute atomic E-state index is 0. The van der Waals surface area contributed by atoms with Crippen LogP contribution in [-0.4, -0.2) is 11.0 Å². The topological polar surface area (TPSA) is 57.5 Å². The molecule has 0 aromatic carbocycles. The third-order valence-electron chi connectivity index (χ3n) is 5.79. The molecule has 1 atom stereocenters. The molecule has 0 saturated carbocycles. The van der Waals surface area contributed by atoms with Gasteiger partial charge in [-0.1, -0.05) is 111 Å². The molecule has 154 valence electrons. The summed E-state index contributed by atoms with van der Waals surface area (Å²) in [7, 11) is 0. The van der Waals surface area contributed by atoms with Crippen molar-refractivity contribution in [1.29, 1.82) is 0 Å². The molecule has 0 fully saturated rings. The average Bonchev–Trinajstić information content (AvgIpc) is 2.56. The third-order valence-corrected chi connectivity index (χ3v) is 5.79. The Hall–Kier alpha value is -0.0800. The van der Waals surface area contributed by atoms with Gasteiger partial charge in [-0.2, -0.15) is 0 Å². The number of nitrogens with two attached hydrogens (primary N) is 1. The lowest BCUT2D eigenvalue weighted by molar-refractivity contribution is 0.200. The maximum absolute atomic E-state index is 6.87. The summed E-state index contributed by atoms with van der Waals surface area (Å²) in [5, 5.41) is 0. The zero-order valence-corrected chi connectivity index (χ0v) is 18.2. The van der Waals surface area contributed by atoms with E-state index in [4.69, 9.17) is 5.73 Å². The molecular formula is C23H51NO. The van der Waals surface area contributed by atoms with Crippen molar-refractivity contribution in [2.75, 3.05) is 0 Å². The summed E-state index contributed by atoms with van der Waals surface area (Å²) in [5.41, 5.74) is 6.98. The summed E-state index contributed by atoms with van der Waals surface area (Å²) < 4.78 is 0. The van der Waals surface area contributed by atoms with Gasteiger partial charge in [-0.3, -0.25) is 0 Å². The Morgan fingerprint density at radius 1 is 0.560 bits per heavy atom. The fraction of sp³-hybridized carbons (Fsp3) is 1.00. The largest absolute Gasteiger partial charge is 0.412 e. The van der Waals surface area contributed by atoms with E-state index in [0.717, 1.165) is 5.92 Å². The van der Waals surface area contributed by atoms with Crippen LogP contribution in [-0.2, 0) is 0 Å². The normalized spacial score (nSPS) is 12.8. The van der Waals surface area contributed by atoms with Gasteiger partial charge in [-0.15, -0.1) is 0 Å². The Morgan fingerprint density at radius 2 is 1.00 bits per heavy atom. The summed E-state index contributed by atoms with van der Waals surface area (Å²) in [6.45, 7) is 9.20. The van der Waals surface area contributed by atoms with Gasteiger partial charge in [0.1, 0.15) is 0 Å². The first-order chi connectivity index (χ1) is 11.6. The number of hydrogen-bond donors (Lipinski definition) is 1. The van der Waals surface area contributed by atoms with Crippen LogP contribution < -0.4 is 5.73 Å². The number of hydrogen-bond acceptors (Lipinski definition) is 1. The van der Waals surface area contributed by atoms with E-state index in [0.29, 0.717) is 0 Å². The van der Waals surface area contributed by atoms with E-state index < -0.39 is 0 Å². The Morgan fingerprint density at radius 3 is 1.40 bits per heavy atom. The van der Waals surface area contributed by atoms with Crippen LogP contribution >= 0.6 is 0 Å². The molecule has 1 unspecified atom stereocenters. The predicted octanol–water partition coefficient (Wildman–Crippen LogP) is 7.19. The van der Waals surface area contributed by atoms with Gasteiger partial charge in [0.2, 0.25) is 0 Å². The fourth-order valence-corrected chi connectivity index (χ4v) is 4.41. The lowest BCUT2D eigenvalue weighted by atomic mass is 9.73. The zero-order chi connectivity index (χ0) is 18.1. The molecule has 4 N–H and O–H groups in total. The van der Waals surface area contributed by atoms with Crippen LogP contribution in [0.25, 0.3) is 0 Å². The first-order valence-electron chi connectivity index (χ1n) is 11.4. The zero-order valence-electron chi connectivity index (χ0n) is 18.2. The maximum atomic E-state index is 6.87. The monoisotopic (exact) mass is 357 g/mol. The van der Waals surface area contributed by atoms with Crippen molar-refractivity contribution in [3.05, 3.63) is 0 Å². The Balaban J connectivity index is 0. The van der Waals surface area contributed by atoms with E-state index in [1.54, 1.807) is 0 Å². The molecule has 0 aliphatic carbocycles. The summed E-state index contributed by atoms with van der Waals surface area (Å²) in [6.07, 6.45) is 23.2. The molecule has 0 radical (unpaired) electrons. The number of unbranched alkanes of at least 4 members (excludes halogenated alkanes) is 9. The van der Waals surface area contributed by atoms with Crippen molar-refractivity contribution in [1.82, 2.24) is 0 Å². The maximum Gasteiger partial charge on any atom is 0.0182 e. The predicted molar refractivity (Wildman–Crippen MR) is 115 cm³/mol. The van der Waals surface area contributed by atoms with E-state index in [9.17, 15) is 0 Å². The first-order valence-corrected chi connectivity index (χ1v) is 11.4. The van der Waals surface area contributed by atoms with Crippen LogP contribution in [0.1, 0.15) is 137 Å². The minimum Gasteiger partial charge on any atom is -0.412 e. The van der Waals surface area contributed by atoms with Crippen LogP contribution in [0.3, 0.4) is 0 Å². The van der Waals surface area contributed by atoms with Crippen LogP contribution in [0.2, 0.25) is 0 Å². The van der Waals surface area contributed by atoms with E-state index in [2.05, 4.69) is 27.7 Å². The molecule has 0 aromatic rings. The summed E-state index contributed by atoms with van der Waals surface area (Å²) in [5.74, 6) is 0.747. The van der Waals surface area contributed by atoms with Gasteiger partial charge in [-0.05, 0) is 31.6 Å². The van der Waals surface area contributed by atoms with Crippen LogP contribution in [0.5, 0.6) is 0 Å². The van der Waals surface area contributed by atoms with Crippen LogP contribution in [0.15, 0.2) is 0 Å². The van der Waals surface area contributed by atoms with E-state index in [1.165, 1.54) is 109 Å². The van der Waals surface area contributed by atoms with E-state index in [1.807, 2.05) is 0 Å². The van der Waals surface area contributed by atoms with Gasteiger partial charge in [-0.25, -0.2) is 0 Å². The molecule has 0 aliphatic rings. The van der Waals surface area contributed by atoms with Gasteiger partial charge in [0.15, 0.2) is 0 Å². The van der Waals surface area contributed by atoms with Gasteiger partial charge >= 0.3 is 0 Å². The molecule has 0 rings (SSSR count). The highest BCUT2D eigenvalue weighted by Gasteiger charge is 2.31. The molecule has 2 nitrogen and oxygen atoms in total. The van der Waals surface area contributed by atoms with Gasteiger partial charge in [0, 0.05) is 5.54 Å². The highest BCUT2D eigenvalue weighted by atomic mass is 16.0. The molecule has 0 aromatic heterocycles. The smallest absolute Gasteiger partial charge is 0.0182 e. The van der Waals surface area contributed by atoms with Gasteiger partial charge < -0.3 is 11.2 Å². The Kier molecular flexibility index (Phi) is 20.3. The van der Waals surface area contributed by atoms with Crippen molar-refractivity contribution < 1.29 is 5.48 Å². The second kappa shape index (κ2) is 18.7. The van der Waals surface area contributed by atoms with Crippen LogP contribution in [0.4, 0.5) is 0 Å². The molecule has 0 heterocycles. The van der Waals surface area contributed by atoms with Crippen molar-refractivity contribution in [2.45, 2.75) is 142 Å². The van der Waals surface area contributed by atoms with E-state index in [-0.39, 0.29) is 11.0 Å².